The van der Waals surface area contributed by atoms with Crippen molar-refractivity contribution in [3.8, 4) is 0 Å². The molecule has 0 aliphatic heterocycles. The molecule has 0 fully saturated rings. The Kier molecular flexibility index (Phi) is 7.05. The predicted octanol–water partition coefficient (Wildman–Crippen LogP) is 2.35. The van der Waals surface area contributed by atoms with Crippen molar-refractivity contribution in [2.24, 2.45) is 0 Å². The first-order chi connectivity index (χ1) is 12.8. The van der Waals surface area contributed by atoms with Gasteiger partial charge in [0.05, 0.1) is 4.90 Å². The summed E-state index contributed by atoms with van der Waals surface area (Å²) in [5, 5.41) is 5.20. The van der Waals surface area contributed by atoms with Crippen LogP contribution in [0.15, 0.2) is 59.5 Å². The average Bonchev–Trinajstić information content (AvgIpc) is 2.62. The Hall–Kier alpha value is -2.75. The maximum atomic E-state index is 12.1. The largest absolute Gasteiger partial charge is 0.342 e. The molecule has 144 valence electrons. The van der Waals surface area contributed by atoms with Crippen molar-refractivity contribution >= 4 is 33.3 Å². The lowest BCUT2D eigenvalue weighted by molar-refractivity contribution is -0.129. The van der Waals surface area contributed by atoms with Crippen LogP contribution < -0.4 is 10.6 Å². The monoisotopic (exact) mass is 392 g/mol. The van der Waals surface area contributed by atoms with Crippen molar-refractivity contribution in [1.82, 2.24) is 0 Å². The molecule has 1 unspecified atom stereocenters. The van der Waals surface area contributed by atoms with Crippen molar-refractivity contribution in [3.05, 3.63) is 54.6 Å². The Morgan fingerprint density at radius 2 is 1.52 bits per heavy atom. The summed E-state index contributed by atoms with van der Waals surface area (Å²) in [7, 11) is -3.97. The molecule has 0 spiro atoms. The van der Waals surface area contributed by atoms with Gasteiger partial charge in [-0.2, -0.15) is 8.42 Å². The standard InChI is InChI=1S/C18H20N2O6S/c1-13(21)19-15-8-10-16(11-9-15)20-18(22)12-25-14(2)26-27(23,24)17-6-4-3-5-7-17/h3-11,14H,12H2,1-2H3,(H,19,21)(H,20,22). The highest BCUT2D eigenvalue weighted by atomic mass is 32.2. The van der Waals surface area contributed by atoms with Crippen LogP contribution in [0.5, 0.6) is 0 Å². The van der Waals surface area contributed by atoms with Crippen LogP contribution in [-0.4, -0.2) is 33.1 Å². The van der Waals surface area contributed by atoms with E-state index in [9.17, 15) is 18.0 Å². The fraction of sp³-hybridized carbons (Fsp3) is 0.222. The number of hydrogen-bond acceptors (Lipinski definition) is 6. The smallest absolute Gasteiger partial charge is 0.299 e. The van der Waals surface area contributed by atoms with Crippen LogP contribution in [0.2, 0.25) is 0 Å². The second-order valence-electron chi connectivity index (χ2n) is 5.55. The predicted molar refractivity (Wildman–Crippen MR) is 99.5 cm³/mol. The van der Waals surface area contributed by atoms with Crippen molar-refractivity contribution in [2.45, 2.75) is 25.0 Å². The highest BCUT2D eigenvalue weighted by Gasteiger charge is 2.19. The van der Waals surface area contributed by atoms with Gasteiger partial charge in [-0.05, 0) is 43.3 Å². The lowest BCUT2D eigenvalue weighted by Crippen LogP contribution is -2.25. The fourth-order valence-electron chi connectivity index (χ4n) is 2.08. The number of hydrogen-bond donors (Lipinski definition) is 2. The van der Waals surface area contributed by atoms with E-state index in [0.717, 1.165) is 0 Å². The van der Waals surface area contributed by atoms with Crippen LogP contribution in [0.25, 0.3) is 0 Å². The molecule has 1 atom stereocenters. The van der Waals surface area contributed by atoms with Gasteiger partial charge in [-0.3, -0.25) is 9.59 Å². The number of anilines is 2. The molecule has 2 amide bonds. The number of benzene rings is 2. The molecule has 0 saturated heterocycles. The van der Waals surface area contributed by atoms with Crippen LogP contribution in [0.4, 0.5) is 11.4 Å². The molecule has 27 heavy (non-hydrogen) atoms. The number of amides is 2. The molecule has 0 saturated carbocycles. The summed E-state index contributed by atoms with van der Waals surface area (Å²) in [6, 6.07) is 14.1. The normalized spacial score (nSPS) is 12.2. The maximum absolute atomic E-state index is 12.1. The van der Waals surface area contributed by atoms with Gasteiger partial charge in [0.15, 0.2) is 6.29 Å². The van der Waals surface area contributed by atoms with Gasteiger partial charge in [0.2, 0.25) is 11.8 Å². The zero-order valence-corrected chi connectivity index (χ0v) is 15.7. The second-order valence-corrected chi connectivity index (χ2v) is 7.12. The zero-order valence-electron chi connectivity index (χ0n) is 14.8. The summed E-state index contributed by atoms with van der Waals surface area (Å²) >= 11 is 0. The third-order valence-electron chi connectivity index (χ3n) is 3.23. The minimum atomic E-state index is -3.97. The molecule has 2 rings (SSSR count). The van der Waals surface area contributed by atoms with Crippen LogP contribution in [0.1, 0.15) is 13.8 Å². The van der Waals surface area contributed by atoms with Gasteiger partial charge in [-0.15, -0.1) is 0 Å². The van der Waals surface area contributed by atoms with E-state index in [1.165, 1.54) is 26.0 Å². The van der Waals surface area contributed by atoms with Crippen LogP contribution in [0.3, 0.4) is 0 Å². The molecule has 9 heteroatoms. The topological polar surface area (TPSA) is 111 Å². The number of nitrogens with one attached hydrogen (secondary N) is 2. The minimum Gasteiger partial charge on any atom is -0.342 e. The molecule has 2 N–H and O–H groups in total. The van der Waals surface area contributed by atoms with Crippen LogP contribution in [-0.2, 0) is 28.6 Å². The van der Waals surface area contributed by atoms with E-state index >= 15 is 0 Å². The lowest BCUT2D eigenvalue weighted by Gasteiger charge is -2.14. The Morgan fingerprint density at radius 1 is 0.963 bits per heavy atom. The van der Waals surface area contributed by atoms with Gasteiger partial charge < -0.3 is 15.4 Å². The summed E-state index contributed by atoms with van der Waals surface area (Å²) in [6.45, 7) is 2.39. The molecule has 0 heterocycles. The van der Waals surface area contributed by atoms with E-state index in [-0.39, 0.29) is 17.4 Å². The van der Waals surface area contributed by atoms with E-state index in [1.807, 2.05) is 0 Å². The number of carbonyl (C=O) groups excluding carboxylic acids is 2. The highest BCUT2D eigenvalue weighted by molar-refractivity contribution is 7.86. The van der Waals surface area contributed by atoms with E-state index in [1.54, 1.807) is 42.5 Å². The summed E-state index contributed by atoms with van der Waals surface area (Å²) in [5.41, 5.74) is 1.10. The molecule has 2 aromatic carbocycles. The molecular formula is C18H20N2O6S. The first kappa shape index (κ1) is 20.6. The van der Waals surface area contributed by atoms with Gasteiger partial charge in [0, 0.05) is 18.3 Å². The number of rotatable bonds is 8. The summed E-state index contributed by atoms with van der Waals surface area (Å²) in [6.07, 6.45) is -1.14. The summed E-state index contributed by atoms with van der Waals surface area (Å²) < 4.78 is 34.2. The van der Waals surface area contributed by atoms with Crippen molar-refractivity contribution in [3.63, 3.8) is 0 Å². The van der Waals surface area contributed by atoms with Crippen molar-refractivity contribution in [1.29, 1.82) is 0 Å². The fourth-order valence-corrected chi connectivity index (χ4v) is 3.09. The van der Waals surface area contributed by atoms with Crippen LogP contribution in [0, 0.1) is 0 Å². The zero-order chi connectivity index (χ0) is 19.9. The lowest BCUT2D eigenvalue weighted by atomic mass is 10.2. The highest BCUT2D eigenvalue weighted by Crippen LogP contribution is 2.15. The Bertz CT molecular complexity index is 882. The molecule has 0 radical (unpaired) electrons. The molecule has 8 nitrogen and oxygen atoms in total. The molecule has 2 aromatic rings. The third-order valence-corrected chi connectivity index (χ3v) is 4.61. The molecule has 0 bridgehead atoms. The number of carbonyl (C=O) groups is 2. The molecule has 0 aromatic heterocycles. The molecule has 0 aliphatic carbocycles. The quantitative estimate of drug-likeness (QED) is 0.527. The van der Waals surface area contributed by atoms with E-state index < -0.39 is 22.3 Å². The Labute approximate surface area is 157 Å². The molecule has 0 aliphatic rings. The van der Waals surface area contributed by atoms with Crippen molar-refractivity contribution < 1.29 is 26.9 Å². The van der Waals surface area contributed by atoms with Gasteiger partial charge in [-0.1, -0.05) is 18.2 Å². The van der Waals surface area contributed by atoms with E-state index in [0.29, 0.717) is 11.4 Å². The summed E-state index contributed by atoms with van der Waals surface area (Å²) in [4.78, 5) is 22.9. The minimum absolute atomic E-state index is 0.00385. The Balaban J connectivity index is 1.82. The SMILES string of the molecule is CC(=O)Nc1ccc(NC(=O)COC(C)OS(=O)(=O)c2ccccc2)cc1. The summed E-state index contributed by atoms with van der Waals surface area (Å²) in [5.74, 6) is -0.672. The Morgan fingerprint density at radius 3 is 2.07 bits per heavy atom. The first-order valence-corrected chi connectivity index (χ1v) is 9.44. The third kappa shape index (κ3) is 6.81. The number of ether oxygens (including phenoxy) is 1. The van der Waals surface area contributed by atoms with Gasteiger partial charge in [0.25, 0.3) is 10.1 Å². The van der Waals surface area contributed by atoms with Gasteiger partial charge in [-0.25, -0.2) is 4.18 Å². The van der Waals surface area contributed by atoms with Crippen molar-refractivity contribution in [2.75, 3.05) is 17.2 Å². The van der Waals surface area contributed by atoms with E-state index in [2.05, 4.69) is 10.6 Å². The van der Waals surface area contributed by atoms with Crippen LogP contribution >= 0.6 is 0 Å². The second kappa shape index (κ2) is 9.26. The van der Waals surface area contributed by atoms with E-state index in [4.69, 9.17) is 8.92 Å². The van der Waals surface area contributed by atoms with Gasteiger partial charge in [0.1, 0.15) is 6.61 Å². The first-order valence-electron chi connectivity index (χ1n) is 8.04. The maximum Gasteiger partial charge on any atom is 0.299 e. The molecular weight excluding hydrogens is 372 g/mol. The average molecular weight is 392 g/mol. The van der Waals surface area contributed by atoms with Gasteiger partial charge >= 0.3 is 0 Å².